The second-order valence-corrected chi connectivity index (χ2v) is 7.81. The summed E-state index contributed by atoms with van der Waals surface area (Å²) in [5, 5.41) is 26.2. The fourth-order valence-corrected chi connectivity index (χ4v) is 3.19. The standard InChI is InChI=1S/C20H12ClIN4O6/c21-17-7-3-13(22)9-16(17)20(27)24-23-11-12-1-5-15(6-2-12)32-19-8-4-14(25(28)29)10-18(19)26(30)31/h1-11H,(H,24,27). The Morgan fingerprint density at radius 1 is 1.03 bits per heavy atom. The van der Waals surface area contributed by atoms with Crippen molar-refractivity contribution in [2.45, 2.75) is 0 Å². The zero-order valence-electron chi connectivity index (χ0n) is 15.9. The third-order valence-corrected chi connectivity index (χ3v) is 5.01. The first-order chi connectivity index (χ1) is 15.2. The van der Waals surface area contributed by atoms with E-state index in [2.05, 4.69) is 33.1 Å². The molecule has 162 valence electrons. The third-order valence-electron chi connectivity index (χ3n) is 4.01. The van der Waals surface area contributed by atoms with Gasteiger partial charge in [0.25, 0.3) is 11.6 Å². The minimum atomic E-state index is -0.758. The number of benzene rings is 3. The minimum Gasteiger partial charge on any atom is -0.450 e. The van der Waals surface area contributed by atoms with E-state index in [0.717, 1.165) is 21.8 Å². The number of nitro benzene ring substituents is 2. The van der Waals surface area contributed by atoms with Crippen LogP contribution in [-0.4, -0.2) is 22.0 Å². The van der Waals surface area contributed by atoms with Crippen molar-refractivity contribution in [3.8, 4) is 11.5 Å². The van der Waals surface area contributed by atoms with Crippen LogP contribution in [0.15, 0.2) is 65.8 Å². The molecule has 0 radical (unpaired) electrons. The highest BCUT2D eigenvalue weighted by molar-refractivity contribution is 14.1. The molecule has 0 spiro atoms. The molecule has 0 bridgehead atoms. The van der Waals surface area contributed by atoms with Crippen LogP contribution in [0.4, 0.5) is 11.4 Å². The van der Waals surface area contributed by atoms with Crippen LogP contribution >= 0.6 is 34.2 Å². The maximum atomic E-state index is 12.2. The summed E-state index contributed by atoms with van der Waals surface area (Å²) < 4.78 is 6.34. The SMILES string of the molecule is O=C(NN=Cc1ccc(Oc2ccc([N+](=O)[O-])cc2[N+](=O)[O-])cc1)c1cc(I)ccc1Cl. The molecule has 0 aromatic heterocycles. The number of nitrogens with one attached hydrogen (secondary N) is 1. The molecule has 0 atom stereocenters. The van der Waals surface area contributed by atoms with Crippen molar-refractivity contribution in [3.05, 3.63) is 101 Å². The molecule has 1 N–H and O–H groups in total. The van der Waals surface area contributed by atoms with Gasteiger partial charge in [0, 0.05) is 9.64 Å². The van der Waals surface area contributed by atoms with Crippen LogP contribution in [0.3, 0.4) is 0 Å². The highest BCUT2D eigenvalue weighted by Gasteiger charge is 2.21. The van der Waals surface area contributed by atoms with E-state index < -0.39 is 27.1 Å². The quantitative estimate of drug-likeness (QED) is 0.178. The van der Waals surface area contributed by atoms with E-state index in [1.807, 2.05) is 0 Å². The van der Waals surface area contributed by atoms with Crippen LogP contribution in [0, 0.1) is 23.8 Å². The number of nitro groups is 2. The highest BCUT2D eigenvalue weighted by atomic mass is 127. The summed E-state index contributed by atoms with van der Waals surface area (Å²) in [6.07, 6.45) is 1.40. The number of hydrazone groups is 1. The van der Waals surface area contributed by atoms with E-state index in [1.54, 1.807) is 30.3 Å². The van der Waals surface area contributed by atoms with Crippen molar-refractivity contribution in [2.75, 3.05) is 0 Å². The highest BCUT2D eigenvalue weighted by Crippen LogP contribution is 2.34. The van der Waals surface area contributed by atoms with Crippen molar-refractivity contribution in [3.63, 3.8) is 0 Å². The van der Waals surface area contributed by atoms with Crippen molar-refractivity contribution < 1.29 is 19.4 Å². The van der Waals surface area contributed by atoms with E-state index in [0.29, 0.717) is 16.1 Å². The molecular formula is C20H12ClIN4O6. The molecule has 3 rings (SSSR count). The number of nitrogens with zero attached hydrogens (tertiary/aromatic N) is 3. The summed E-state index contributed by atoms with van der Waals surface area (Å²) in [7, 11) is 0. The van der Waals surface area contributed by atoms with Gasteiger partial charge in [0.05, 0.1) is 32.7 Å². The number of hydrogen-bond donors (Lipinski definition) is 1. The van der Waals surface area contributed by atoms with Crippen molar-refractivity contribution in [1.29, 1.82) is 0 Å². The molecule has 0 saturated heterocycles. The fourth-order valence-electron chi connectivity index (χ4n) is 2.49. The Balaban J connectivity index is 1.68. The Bertz CT molecular complexity index is 1230. The van der Waals surface area contributed by atoms with E-state index >= 15 is 0 Å². The monoisotopic (exact) mass is 566 g/mol. The van der Waals surface area contributed by atoms with Crippen molar-refractivity contribution in [2.24, 2.45) is 5.10 Å². The third kappa shape index (κ3) is 5.76. The molecule has 0 aliphatic rings. The lowest BCUT2D eigenvalue weighted by Crippen LogP contribution is -2.18. The van der Waals surface area contributed by atoms with Gasteiger partial charge in [-0.25, -0.2) is 5.43 Å². The number of hydrogen-bond acceptors (Lipinski definition) is 7. The lowest BCUT2D eigenvalue weighted by Gasteiger charge is -2.06. The van der Waals surface area contributed by atoms with Crippen LogP contribution in [0.1, 0.15) is 15.9 Å². The number of ether oxygens (including phenoxy) is 1. The first-order valence-electron chi connectivity index (χ1n) is 8.74. The Morgan fingerprint density at radius 3 is 2.41 bits per heavy atom. The van der Waals surface area contributed by atoms with E-state index in [-0.39, 0.29) is 11.5 Å². The molecule has 0 saturated carbocycles. The zero-order chi connectivity index (χ0) is 23.3. The van der Waals surface area contributed by atoms with Gasteiger partial charge in [0.2, 0.25) is 5.75 Å². The van der Waals surface area contributed by atoms with Crippen LogP contribution in [0.25, 0.3) is 0 Å². The first kappa shape index (κ1) is 23.1. The van der Waals surface area contributed by atoms with Gasteiger partial charge in [0.15, 0.2) is 0 Å². The van der Waals surface area contributed by atoms with Gasteiger partial charge >= 0.3 is 5.69 Å². The van der Waals surface area contributed by atoms with Crippen molar-refractivity contribution >= 4 is 57.7 Å². The Labute approximate surface area is 199 Å². The predicted octanol–water partition coefficient (Wildman–Crippen LogP) is 5.32. The largest absolute Gasteiger partial charge is 0.450 e. The number of amides is 1. The molecule has 32 heavy (non-hydrogen) atoms. The number of non-ortho nitro benzene ring substituents is 1. The Hall–Kier alpha value is -3.58. The average Bonchev–Trinajstić information content (AvgIpc) is 2.76. The van der Waals surface area contributed by atoms with Crippen LogP contribution in [-0.2, 0) is 0 Å². The summed E-state index contributed by atoms with van der Waals surface area (Å²) in [4.78, 5) is 32.7. The lowest BCUT2D eigenvalue weighted by molar-refractivity contribution is -0.394. The minimum absolute atomic E-state index is 0.136. The molecule has 0 fully saturated rings. The average molecular weight is 567 g/mol. The second-order valence-electron chi connectivity index (χ2n) is 6.16. The van der Waals surface area contributed by atoms with E-state index in [1.165, 1.54) is 18.3 Å². The van der Waals surface area contributed by atoms with Gasteiger partial charge in [-0.3, -0.25) is 25.0 Å². The summed E-state index contributed by atoms with van der Waals surface area (Å²) >= 11 is 8.09. The number of rotatable bonds is 7. The van der Waals surface area contributed by atoms with Crippen molar-refractivity contribution in [1.82, 2.24) is 5.43 Å². The Kier molecular flexibility index (Phi) is 7.33. The normalized spacial score (nSPS) is 10.7. The smallest absolute Gasteiger partial charge is 0.318 e. The molecule has 3 aromatic rings. The second kappa shape index (κ2) is 10.2. The molecule has 1 amide bonds. The molecule has 0 aliphatic carbocycles. The molecule has 0 heterocycles. The topological polar surface area (TPSA) is 137 Å². The maximum absolute atomic E-state index is 12.2. The van der Waals surface area contributed by atoms with Gasteiger partial charge in [-0.15, -0.1) is 0 Å². The molecule has 12 heteroatoms. The number of carbonyl (C=O) groups excluding carboxylic acids is 1. The maximum Gasteiger partial charge on any atom is 0.318 e. The van der Waals surface area contributed by atoms with Crippen LogP contribution < -0.4 is 10.2 Å². The molecule has 3 aromatic carbocycles. The van der Waals surface area contributed by atoms with E-state index in [4.69, 9.17) is 16.3 Å². The lowest BCUT2D eigenvalue weighted by atomic mass is 10.2. The first-order valence-corrected chi connectivity index (χ1v) is 10.2. The molecular weight excluding hydrogens is 555 g/mol. The van der Waals surface area contributed by atoms with Crippen LogP contribution in [0.2, 0.25) is 5.02 Å². The number of halogens is 2. The summed E-state index contributed by atoms with van der Waals surface area (Å²) in [6, 6.07) is 14.4. The number of carbonyl (C=O) groups is 1. The summed E-state index contributed by atoms with van der Waals surface area (Å²) in [5.74, 6) is -0.326. The van der Waals surface area contributed by atoms with E-state index in [9.17, 15) is 25.0 Å². The van der Waals surface area contributed by atoms with Gasteiger partial charge in [0.1, 0.15) is 5.75 Å². The summed E-state index contributed by atoms with van der Waals surface area (Å²) in [5.41, 5.74) is 2.36. The van der Waals surface area contributed by atoms with Gasteiger partial charge in [-0.05, 0) is 76.7 Å². The van der Waals surface area contributed by atoms with Gasteiger partial charge < -0.3 is 4.74 Å². The molecule has 0 unspecified atom stereocenters. The zero-order valence-corrected chi connectivity index (χ0v) is 18.8. The molecule has 0 aliphatic heterocycles. The fraction of sp³-hybridized carbons (Fsp3) is 0. The van der Waals surface area contributed by atoms with Gasteiger partial charge in [-0.2, -0.15) is 5.10 Å². The van der Waals surface area contributed by atoms with Gasteiger partial charge in [-0.1, -0.05) is 11.6 Å². The Morgan fingerprint density at radius 2 is 1.75 bits per heavy atom. The van der Waals surface area contributed by atoms with Crippen LogP contribution in [0.5, 0.6) is 11.5 Å². The molecule has 10 nitrogen and oxygen atoms in total. The summed E-state index contributed by atoms with van der Waals surface area (Å²) in [6.45, 7) is 0. The predicted molar refractivity (Wildman–Crippen MR) is 125 cm³/mol.